The summed E-state index contributed by atoms with van der Waals surface area (Å²) in [5, 5.41) is 9.33. The van der Waals surface area contributed by atoms with Crippen molar-refractivity contribution in [2.45, 2.75) is 31.8 Å². The molecule has 6 heteroatoms. The molecule has 0 aromatic carbocycles. The molecule has 0 saturated heterocycles. The summed E-state index contributed by atoms with van der Waals surface area (Å²) in [6.45, 7) is 1.95. The fourth-order valence-corrected chi connectivity index (χ4v) is 2.35. The number of carbonyl (C=O) groups is 1. The summed E-state index contributed by atoms with van der Waals surface area (Å²) in [5.74, 6) is 0.449. The number of anilines is 1. The first-order valence-corrected chi connectivity index (χ1v) is 5.91. The first kappa shape index (κ1) is 12.6. The molecule has 0 saturated carbocycles. The van der Waals surface area contributed by atoms with Crippen molar-refractivity contribution in [3.05, 3.63) is 17.8 Å². The highest BCUT2D eigenvalue weighted by molar-refractivity contribution is 5.88. The van der Waals surface area contributed by atoms with E-state index in [1.54, 1.807) is 12.1 Å². The van der Waals surface area contributed by atoms with Gasteiger partial charge < -0.3 is 15.6 Å². The largest absolute Gasteiger partial charge is 0.481 e. The third-order valence-corrected chi connectivity index (χ3v) is 3.27. The first-order valence-electron chi connectivity index (χ1n) is 5.91. The molecule has 98 valence electrons. The highest BCUT2D eigenvalue weighted by Gasteiger charge is 2.34. The molecule has 2 rings (SSSR count). The van der Waals surface area contributed by atoms with Crippen LogP contribution in [0.2, 0.25) is 0 Å². The minimum absolute atomic E-state index is 0.0970. The van der Waals surface area contributed by atoms with E-state index in [1.807, 2.05) is 6.92 Å². The zero-order chi connectivity index (χ0) is 13.3. The fraction of sp³-hybridized carbons (Fsp3) is 0.500. The van der Waals surface area contributed by atoms with Crippen LogP contribution in [-0.4, -0.2) is 29.3 Å². The van der Waals surface area contributed by atoms with Gasteiger partial charge in [-0.15, -0.1) is 0 Å². The van der Waals surface area contributed by atoms with E-state index in [4.69, 9.17) is 10.5 Å². The Morgan fingerprint density at radius 3 is 2.94 bits per heavy atom. The zero-order valence-corrected chi connectivity index (χ0v) is 10.5. The lowest BCUT2D eigenvalue weighted by molar-refractivity contribution is 0.196. The van der Waals surface area contributed by atoms with Gasteiger partial charge in [-0.25, -0.2) is 9.78 Å². The van der Waals surface area contributed by atoms with E-state index in [-0.39, 0.29) is 12.1 Å². The topological polar surface area (TPSA) is 88.7 Å². The van der Waals surface area contributed by atoms with Gasteiger partial charge in [0.25, 0.3) is 0 Å². The molecule has 2 atom stereocenters. The summed E-state index contributed by atoms with van der Waals surface area (Å²) in [4.78, 5) is 17.0. The van der Waals surface area contributed by atoms with Crippen molar-refractivity contribution in [3.63, 3.8) is 0 Å². The van der Waals surface area contributed by atoms with Crippen LogP contribution in [0.5, 0.6) is 5.88 Å². The van der Waals surface area contributed by atoms with Crippen LogP contribution in [0.25, 0.3) is 0 Å². The van der Waals surface area contributed by atoms with Gasteiger partial charge in [0.15, 0.2) is 0 Å². The lowest BCUT2D eigenvalue weighted by atomic mass is 9.94. The second-order valence-corrected chi connectivity index (χ2v) is 4.31. The van der Waals surface area contributed by atoms with Crippen molar-refractivity contribution < 1.29 is 14.6 Å². The summed E-state index contributed by atoms with van der Waals surface area (Å²) in [5.41, 5.74) is 7.21. The maximum Gasteiger partial charge on any atom is 0.412 e. The van der Waals surface area contributed by atoms with Gasteiger partial charge in [0.05, 0.1) is 24.5 Å². The Balaban J connectivity index is 2.50. The molecule has 1 aliphatic rings. The second-order valence-electron chi connectivity index (χ2n) is 4.31. The molecule has 3 N–H and O–H groups in total. The zero-order valence-electron chi connectivity index (χ0n) is 10.5. The molecule has 18 heavy (non-hydrogen) atoms. The van der Waals surface area contributed by atoms with Gasteiger partial charge in [0.1, 0.15) is 0 Å². The average molecular weight is 251 g/mol. The van der Waals surface area contributed by atoms with Crippen LogP contribution >= 0.6 is 0 Å². The van der Waals surface area contributed by atoms with E-state index >= 15 is 0 Å². The van der Waals surface area contributed by atoms with Gasteiger partial charge in [-0.2, -0.15) is 0 Å². The van der Waals surface area contributed by atoms with Crippen LogP contribution in [0, 0.1) is 0 Å². The Labute approximate surface area is 105 Å². The van der Waals surface area contributed by atoms with Gasteiger partial charge >= 0.3 is 6.09 Å². The number of methoxy groups -OCH3 is 1. The summed E-state index contributed by atoms with van der Waals surface area (Å²) in [6.07, 6.45) is 0.337. The van der Waals surface area contributed by atoms with E-state index < -0.39 is 6.09 Å². The van der Waals surface area contributed by atoms with Gasteiger partial charge in [-0.3, -0.25) is 4.90 Å². The summed E-state index contributed by atoms with van der Waals surface area (Å²) < 4.78 is 5.04. The average Bonchev–Trinajstić information content (AvgIpc) is 2.37. The van der Waals surface area contributed by atoms with Crippen LogP contribution in [0.3, 0.4) is 0 Å². The van der Waals surface area contributed by atoms with Crippen LogP contribution in [0.15, 0.2) is 12.1 Å². The molecule has 1 amide bonds. The molecule has 0 spiro atoms. The van der Waals surface area contributed by atoms with E-state index in [0.717, 1.165) is 6.42 Å². The van der Waals surface area contributed by atoms with Gasteiger partial charge in [-0.05, 0) is 18.9 Å². The third kappa shape index (κ3) is 1.99. The Bertz CT molecular complexity index is 464. The predicted octanol–water partition coefficient (Wildman–Crippen LogP) is 1.76. The molecule has 6 nitrogen and oxygen atoms in total. The predicted molar refractivity (Wildman–Crippen MR) is 66.9 cm³/mol. The first-order chi connectivity index (χ1) is 8.58. The van der Waals surface area contributed by atoms with Crippen LogP contribution in [-0.2, 0) is 0 Å². The number of rotatable bonds is 2. The van der Waals surface area contributed by atoms with Gasteiger partial charge in [-0.1, -0.05) is 6.92 Å². The molecule has 0 fully saturated rings. The Morgan fingerprint density at radius 2 is 2.39 bits per heavy atom. The number of fused-ring (bicyclic) bond motifs is 1. The molecule has 0 radical (unpaired) electrons. The van der Waals surface area contributed by atoms with Crippen LogP contribution < -0.4 is 15.4 Å². The highest BCUT2D eigenvalue weighted by Crippen LogP contribution is 2.36. The second kappa shape index (κ2) is 4.81. The molecule has 2 heterocycles. The van der Waals surface area contributed by atoms with Crippen molar-refractivity contribution in [2.75, 3.05) is 12.0 Å². The molecule has 0 bridgehead atoms. The minimum atomic E-state index is -0.970. The number of nitrogens with two attached hydrogens (primary N) is 1. The number of nitrogens with zero attached hydrogens (tertiary/aromatic N) is 2. The van der Waals surface area contributed by atoms with Crippen molar-refractivity contribution in [2.24, 2.45) is 5.73 Å². The number of carboxylic acid groups (broad SMARTS) is 1. The highest BCUT2D eigenvalue weighted by atomic mass is 16.5. The monoisotopic (exact) mass is 251 g/mol. The summed E-state index contributed by atoms with van der Waals surface area (Å²) in [6, 6.07) is 3.01. The molecule has 1 aromatic rings. The van der Waals surface area contributed by atoms with E-state index in [1.165, 1.54) is 12.0 Å². The number of hydrogen-bond donors (Lipinski definition) is 2. The maximum atomic E-state index is 11.4. The minimum Gasteiger partial charge on any atom is -0.481 e. The third-order valence-electron chi connectivity index (χ3n) is 3.27. The molecule has 0 unspecified atom stereocenters. The quantitative estimate of drug-likeness (QED) is 0.836. The van der Waals surface area contributed by atoms with Crippen molar-refractivity contribution in [1.82, 2.24) is 4.98 Å². The molecular formula is C12H17N3O3. The van der Waals surface area contributed by atoms with Gasteiger partial charge in [0.2, 0.25) is 5.88 Å². The Kier molecular flexibility index (Phi) is 3.38. The van der Waals surface area contributed by atoms with Crippen molar-refractivity contribution in [3.8, 4) is 5.88 Å². The van der Waals surface area contributed by atoms with Gasteiger partial charge in [0, 0.05) is 12.1 Å². The number of pyridine rings is 1. The number of ether oxygens (including phenoxy) is 1. The molecule has 0 aliphatic carbocycles. The number of aromatic nitrogens is 1. The number of hydrogen-bond acceptors (Lipinski definition) is 4. The summed E-state index contributed by atoms with van der Waals surface area (Å²) >= 11 is 0. The van der Waals surface area contributed by atoms with E-state index in [9.17, 15) is 9.90 Å². The van der Waals surface area contributed by atoms with Crippen LogP contribution in [0.1, 0.15) is 31.5 Å². The van der Waals surface area contributed by atoms with Crippen LogP contribution in [0.4, 0.5) is 10.5 Å². The Hall–Kier alpha value is -1.82. The van der Waals surface area contributed by atoms with E-state index in [0.29, 0.717) is 23.7 Å². The maximum absolute atomic E-state index is 11.4. The van der Waals surface area contributed by atoms with Crippen molar-refractivity contribution in [1.29, 1.82) is 0 Å². The normalized spacial score (nSPS) is 22.5. The van der Waals surface area contributed by atoms with E-state index in [2.05, 4.69) is 4.98 Å². The van der Waals surface area contributed by atoms with Crippen molar-refractivity contribution >= 4 is 11.8 Å². The number of amides is 1. The fourth-order valence-electron chi connectivity index (χ4n) is 2.35. The lowest BCUT2D eigenvalue weighted by Crippen LogP contribution is -2.45. The molecule has 1 aromatic heterocycles. The SMILES string of the molecule is CC[C@H]1C[C@@H](N)c2nc(OC)ccc2N1C(=O)O. The summed E-state index contributed by atoms with van der Waals surface area (Å²) in [7, 11) is 1.52. The lowest BCUT2D eigenvalue weighted by Gasteiger charge is -2.36. The molecular weight excluding hydrogens is 234 g/mol. The standard InChI is InChI=1S/C12H17N3O3/c1-3-7-6-8(13)11-9(15(7)12(16)17)4-5-10(14-11)18-2/h4-5,7-8H,3,6,13H2,1-2H3,(H,16,17)/t7-,8+/m0/s1. The Morgan fingerprint density at radius 1 is 1.67 bits per heavy atom. The smallest absolute Gasteiger partial charge is 0.412 e. The molecule has 1 aliphatic heterocycles.